The maximum absolute atomic E-state index is 13.4. The van der Waals surface area contributed by atoms with E-state index in [1.54, 1.807) is 66.7 Å². The Morgan fingerprint density at radius 3 is 2.20 bits per heavy atom. The van der Waals surface area contributed by atoms with Crippen molar-refractivity contribution in [3.63, 3.8) is 0 Å². The van der Waals surface area contributed by atoms with Crippen molar-refractivity contribution in [2.45, 2.75) is 19.3 Å². The van der Waals surface area contributed by atoms with Crippen molar-refractivity contribution < 1.29 is 24.5 Å². The number of piperidine rings is 1. The van der Waals surface area contributed by atoms with E-state index in [4.69, 9.17) is 4.74 Å². The predicted molar refractivity (Wildman–Crippen MR) is 139 cm³/mol. The maximum atomic E-state index is 13.4. The molecule has 0 spiro atoms. The number of benzene rings is 3. The van der Waals surface area contributed by atoms with E-state index in [1.807, 2.05) is 0 Å². The van der Waals surface area contributed by atoms with Crippen molar-refractivity contribution in [3.8, 4) is 27.7 Å². The van der Waals surface area contributed by atoms with Crippen molar-refractivity contribution in [3.05, 3.63) is 77.9 Å². The number of hydrogen-bond donors (Lipinski definition) is 3. The molecule has 3 aromatic carbocycles. The fourth-order valence-corrected chi connectivity index (χ4v) is 5.14. The lowest BCUT2D eigenvalue weighted by molar-refractivity contribution is -0.109. The van der Waals surface area contributed by atoms with E-state index in [0.717, 1.165) is 20.5 Å². The molecule has 3 N–H and O–H groups in total. The van der Waals surface area contributed by atoms with E-state index in [-0.39, 0.29) is 23.9 Å². The molecule has 1 fully saturated rings. The average molecular weight is 490 g/mol. The highest BCUT2D eigenvalue weighted by Crippen LogP contribution is 2.41. The summed E-state index contributed by atoms with van der Waals surface area (Å²) in [5.41, 5.74) is 1.83. The Hall–Kier alpha value is -3.68. The summed E-state index contributed by atoms with van der Waals surface area (Å²) < 4.78 is 6.03. The molecule has 180 valence electrons. The molecule has 4 aromatic rings. The van der Waals surface area contributed by atoms with Gasteiger partial charge in [0.15, 0.2) is 12.1 Å². The third kappa shape index (κ3) is 6.07. The van der Waals surface area contributed by atoms with Crippen LogP contribution in [0.1, 0.15) is 35.2 Å². The number of aldehydes is 1. The van der Waals surface area contributed by atoms with Gasteiger partial charge in [-0.2, -0.15) is 0 Å². The first kappa shape index (κ1) is 24.4. The Morgan fingerprint density at radius 2 is 1.60 bits per heavy atom. The standard InChI is InChI=1S/C23H16O5S.C5H11N/c24-11-12-28-18-8-3-14(4-9-18)22(27)21-19-10-7-17(26)13-20(19)29-23(21)15-1-5-16(25)6-2-15;1-2-4-6-5-3-1/h1-11,13,25-26H,12H2;6H,1-5H2. The van der Waals surface area contributed by atoms with Crippen LogP contribution in [0, 0.1) is 0 Å². The van der Waals surface area contributed by atoms with Gasteiger partial charge in [-0.25, -0.2) is 0 Å². The number of nitrogens with one attached hydrogen (secondary N) is 1. The molecule has 0 unspecified atom stereocenters. The molecule has 5 rings (SSSR count). The summed E-state index contributed by atoms with van der Waals surface area (Å²) in [7, 11) is 0. The Bertz CT molecular complexity index is 1280. The lowest BCUT2D eigenvalue weighted by Crippen LogP contribution is -2.21. The van der Waals surface area contributed by atoms with Crippen LogP contribution in [0.15, 0.2) is 66.7 Å². The predicted octanol–water partition coefficient (Wildman–Crippen LogP) is 5.55. The highest BCUT2D eigenvalue weighted by atomic mass is 32.1. The highest BCUT2D eigenvalue weighted by molar-refractivity contribution is 7.22. The van der Waals surface area contributed by atoms with Crippen LogP contribution in [0.2, 0.25) is 0 Å². The van der Waals surface area contributed by atoms with E-state index in [2.05, 4.69) is 5.32 Å². The van der Waals surface area contributed by atoms with Gasteiger partial charge in [-0.3, -0.25) is 9.59 Å². The van der Waals surface area contributed by atoms with Crippen molar-refractivity contribution in [2.75, 3.05) is 19.7 Å². The smallest absolute Gasteiger partial charge is 0.195 e. The summed E-state index contributed by atoms with van der Waals surface area (Å²) in [5.74, 6) is 0.623. The molecule has 0 atom stereocenters. The highest BCUT2D eigenvalue weighted by Gasteiger charge is 2.22. The van der Waals surface area contributed by atoms with Gasteiger partial charge in [0.25, 0.3) is 0 Å². The summed E-state index contributed by atoms with van der Waals surface area (Å²) >= 11 is 1.41. The minimum atomic E-state index is -0.160. The van der Waals surface area contributed by atoms with E-state index >= 15 is 0 Å². The largest absolute Gasteiger partial charge is 0.508 e. The fraction of sp³-hybridized carbons (Fsp3) is 0.214. The van der Waals surface area contributed by atoms with Crippen LogP contribution in [-0.4, -0.2) is 42.0 Å². The van der Waals surface area contributed by atoms with Crippen LogP contribution >= 0.6 is 11.3 Å². The molecule has 0 radical (unpaired) electrons. The van der Waals surface area contributed by atoms with E-state index in [9.17, 15) is 19.8 Å². The van der Waals surface area contributed by atoms with Gasteiger partial charge < -0.3 is 20.3 Å². The van der Waals surface area contributed by atoms with Gasteiger partial charge >= 0.3 is 0 Å². The Balaban J connectivity index is 0.000000421. The Labute approximate surface area is 207 Å². The van der Waals surface area contributed by atoms with Crippen LogP contribution in [0.5, 0.6) is 17.2 Å². The number of ketones is 1. The quantitative estimate of drug-likeness (QED) is 0.243. The lowest BCUT2D eigenvalue weighted by Gasteiger charge is -2.08. The van der Waals surface area contributed by atoms with Crippen molar-refractivity contribution >= 4 is 33.5 Å². The van der Waals surface area contributed by atoms with Gasteiger partial charge in [0.2, 0.25) is 0 Å². The molecular weight excluding hydrogens is 462 g/mol. The third-order valence-corrected chi connectivity index (χ3v) is 6.87. The number of fused-ring (bicyclic) bond motifs is 1. The second-order valence-electron chi connectivity index (χ2n) is 8.18. The SMILES string of the molecule is C1CCNCC1.O=CCOc1ccc(C(=O)c2c(-c3ccc(O)cc3)sc3cc(O)ccc23)cc1. The molecule has 7 heteroatoms. The van der Waals surface area contributed by atoms with E-state index in [1.165, 1.54) is 43.7 Å². The number of thiophene rings is 1. The zero-order valence-electron chi connectivity index (χ0n) is 19.2. The molecule has 1 aliphatic rings. The minimum Gasteiger partial charge on any atom is -0.508 e. The first-order valence-corrected chi connectivity index (χ1v) is 12.4. The summed E-state index contributed by atoms with van der Waals surface area (Å²) in [6.07, 6.45) is 4.88. The van der Waals surface area contributed by atoms with E-state index < -0.39 is 0 Å². The van der Waals surface area contributed by atoms with Crippen molar-refractivity contribution in [2.24, 2.45) is 0 Å². The minimum absolute atomic E-state index is 0.0447. The molecule has 35 heavy (non-hydrogen) atoms. The second kappa shape index (κ2) is 11.6. The van der Waals surface area contributed by atoms with E-state index in [0.29, 0.717) is 23.2 Å². The first-order valence-electron chi connectivity index (χ1n) is 11.5. The monoisotopic (exact) mass is 489 g/mol. The van der Waals surface area contributed by atoms with Crippen molar-refractivity contribution in [1.29, 1.82) is 0 Å². The molecule has 2 heterocycles. The van der Waals surface area contributed by atoms with Gasteiger partial charge in [0.1, 0.15) is 23.9 Å². The Kier molecular flexibility index (Phi) is 8.13. The zero-order chi connectivity index (χ0) is 24.6. The third-order valence-electron chi connectivity index (χ3n) is 5.67. The topological polar surface area (TPSA) is 95.9 Å². The summed E-state index contributed by atoms with van der Waals surface area (Å²) in [6.45, 7) is 2.46. The molecule has 0 aliphatic carbocycles. The molecule has 1 aromatic heterocycles. The summed E-state index contributed by atoms with van der Waals surface area (Å²) in [4.78, 5) is 24.6. The summed E-state index contributed by atoms with van der Waals surface area (Å²) in [5, 5.41) is 23.5. The van der Waals surface area contributed by atoms with Gasteiger partial charge in [-0.05, 0) is 98.2 Å². The normalized spacial score (nSPS) is 13.0. The van der Waals surface area contributed by atoms with Crippen LogP contribution in [0.4, 0.5) is 0 Å². The molecule has 1 saturated heterocycles. The van der Waals surface area contributed by atoms with Crippen LogP contribution in [-0.2, 0) is 4.79 Å². The zero-order valence-corrected chi connectivity index (χ0v) is 20.0. The van der Waals surface area contributed by atoms with Crippen LogP contribution < -0.4 is 10.1 Å². The number of aromatic hydroxyl groups is 2. The fourth-order valence-electron chi connectivity index (χ4n) is 3.91. The van der Waals surface area contributed by atoms with Crippen molar-refractivity contribution in [1.82, 2.24) is 5.32 Å². The second-order valence-corrected chi connectivity index (χ2v) is 9.23. The molecule has 0 amide bonds. The number of phenolic OH excluding ortho intramolecular Hbond substituents is 2. The number of ether oxygens (including phenoxy) is 1. The van der Waals surface area contributed by atoms with Gasteiger partial charge in [-0.1, -0.05) is 6.42 Å². The molecule has 0 saturated carbocycles. The van der Waals surface area contributed by atoms with Gasteiger partial charge in [0, 0.05) is 26.1 Å². The molecular formula is C28H27NO5S. The van der Waals surface area contributed by atoms with Gasteiger partial charge in [0.05, 0.1) is 0 Å². The molecule has 6 nitrogen and oxygen atoms in total. The average Bonchev–Trinajstić information content (AvgIpc) is 3.27. The number of rotatable bonds is 6. The maximum Gasteiger partial charge on any atom is 0.195 e. The number of carbonyl (C=O) groups excluding carboxylic acids is 2. The molecule has 1 aliphatic heterocycles. The van der Waals surface area contributed by atoms with Crippen LogP contribution in [0.25, 0.3) is 20.5 Å². The number of carbonyl (C=O) groups is 2. The summed E-state index contributed by atoms with van der Waals surface area (Å²) in [6, 6.07) is 18.2. The molecule has 0 bridgehead atoms. The lowest BCUT2D eigenvalue weighted by atomic mass is 9.97. The number of hydrogen-bond acceptors (Lipinski definition) is 7. The van der Waals surface area contributed by atoms with Gasteiger partial charge in [-0.15, -0.1) is 11.3 Å². The van der Waals surface area contributed by atoms with Crippen LogP contribution in [0.3, 0.4) is 0 Å². The Morgan fingerprint density at radius 1 is 0.914 bits per heavy atom. The number of phenols is 2. The first-order chi connectivity index (χ1) is 17.1.